The predicted molar refractivity (Wildman–Crippen MR) is 80.6 cm³/mol. The highest BCUT2D eigenvalue weighted by Gasteiger charge is 2.24. The van der Waals surface area contributed by atoms with Crippen molar-refractivity contribution in [2.75, 3.05) is 6.54 Å². The van der Waals surface area contributed by atoms with Crippen molar-refractivity contribution in [3.05, 3.63) is 28.7 Å². The number of furan rings is 1. The zero-order valence-electron chi connectivity index (χ0n) is 12.3. The number of hydrogen-bond donors (Lipinski definition) is 1. The lowest BCUT2D eigenvalue weighted by Crippen LogP contribution is -2.18. The molecule has 2 rings (SSSR count). The SMILES string of the molecule is CCNCc1sc(-c2ccoc2C)nc1C(C)(C)C. The van der Waals surface area contributed by atoms with E-state index >= 15 is 0 Å². The van der Waals surface area contributed by atoms with Crippen LogP contribution in [0.5, 0.6) is 0 Å². The van der Waals surface area contributed by atoms with Crippen LogP contribution in [0.3, 0.4) is 0 Å². The second kappa shape index (κ2) is 5.47. The van der Waals surface area contributed by atoms with Crippen molar-refractivity contribution in [3.8, 4) is 10.6 Å². The first-order chi connectivity index (χ1) is 8.93. The molecule has 19 heavy (non-hydrogen) atoms. The maximum absolute atomic E-state index is 5.39. The second-order valence-electron chi connectivity index (χ2n) is 5.71. The van der Waals surface area contributed by atoms with Gasteiger partial charge in [0, 0.05) is 16.8 Å². The molecular formula is C15H22N2OS. The first-order valence-electron chi connectivity index (χ1n) is 6.69. The largest absolute Gasteiger partial charge is 0.469 e. The topological polar surface area (TPSA) is 38.1 Å². The Kier molecular flexibility index (Phi) is 4.11. The van der Waals surface area contributed by atoms with E-state index in [9.17, 15) is 0 Å². The summed E-state index contributed by atoms with van der Waals surface area (Å²) in [5, 5.41) is 4.46. The fourth-order valence-electron chi connectivity index (χ4n) is 2.02. The van der Waals surface area contributed by atoms with Crippen molar-refractivity contribution in [1.82, 2.24) is 10.3 Å². The van der Waals surface area contributed by atoms with Gasteiger partial charge in [0.2, 0.25) is 0 Å². The van der Waals surface area contributed by atoms with Gasteiger partial charge in [-0.1, -0.05) is 27.7 Å². The molecule has 0 bridgehead atoms. The van der Waals surface area contributed by atoms with E-state index in [1.807, 2.05) is 13.0 Å². The smallest absolute Gasteiger partial charge is 0.127 e. The summed E-state index contributed by atoms with van der Waals surface area (Å²) >= 11 is 1.76. The molecule has 104 valence electrons. The molecule has 0 spiro atoms. The summed E-state index contributed by atoms with van der Waals surface area (Å²) in [5.74, 6) is 0.934. The second-order valence-corrected chi connectivity index (χ2v) is 6.80. The molecule has 0 saturated carbocycles. The molecule has 3 nitrogen and oxygen atoms in total. The molecule has 4 heteroatoms. The van der Waals surface area contributed by atoms with E-state index in [1.54, 1.807) is 17.6 Å². The Morgan fingerprint density at radius 2 is 2.11 bits per heavy atom. The van der Waals surface area contributed by atoms with E-state index in [2.05, 4.69) is 33.0 Å². The summed E-state index contributed by atoms with van der Waals surface area (Å²) in [6.45, 7) is 12.6. The number of hydrogen-bond acceptors (Lipinski definition) is 4. The van der Waals surface area contributed by atoms with Gasteiger partial charge in [-0.15, -0.1) is 11.3 Å². The predicted octanol–water partition coefficient (Wildman–Crippen LogP) is 4.12. The number of nitrogens with one attached hydrogen (secondary N) is 1. The summed E-state index contributed by atoms with van der Waals surface area (Å²) in [4.78, 5) is 6.18. The van der Waals surface area contributed by atoms with Gasteiger partial charge < -0.3 is 9.73 Å². The fraction of sp³-hybridized carbons (Fsp3) is 0.533. The van der Waals surface area contributed by atoms with Crippen LogP contribution in [0.2, 0.25) is 0 Å². The molecule has 0 fully saturated rings. The van der Waals surface area contributed by atoms with Crippen LogP contribution in [-0.2, 0) is 12.0 Å². The maximum Gasteiger partial charge on any atom is 0.127 e. The third-order valence-electron chi connectivity index (χ3n) is 3.03. The van der Waals surface area contributed by atoms with Gasteiger partial charge in [-0.2, -0.15) is 0 Å². The van der Waals surface area contributed by atoms with Gasteiger partial charge in [0.05, 0.1) is 17.5 Å². The Morgan fingerprint density at radius 1 is 1.37 bits per heavy atom. The van der Waals surface area contributed by atoms with Gasteiger partial charge in [0.25, 0.3) is 0 Å². The summed E-state index contributed by atoms with van der Waals surface area (Å²) < 4.78 is 5.39. The molecule has 0 radical (unpaired) electrons. The summed E-state index contributed by atoms with van der Waals surface area (Å²) in [5.41, 5.74) is 2.37. The van der Waals surface area contributed by atoms with Crippen LogP contribution < -0.4 is 5.32 Å². The third kappa shape index (κ3) is 3.07. The van der Waals surface area contributed by atoms with Crippen molar-refractivity contribution < 1.29 is 4.42 Å². The van der Waals surface area contributed by atoms with Crippen LogP contribution in [0.1, 0.15) is 44.0 Å². The van der Waals surface area contributed by atoms with Gasteiger partial charge >= 0.3 is 0 Å². The van der Waals surface area contributed by atoms with E-state index in [0.29, 0.717) is 0 Å². The highest BCUT2D eigenvalue weighted by atomic mass is 32.1. The molecule has 0 aliphatic heterocycles. The van der Waals surface area contributed by atoms with Gasteiger partial charge in [0.1, 0.15) is 10.8 Å². The normalized spacial score (nSPS) is 12.1. The number of rotatable bonds is 4. The Morgan fingerprint density at radius 3 is 2.63 bits per heavy atom. The van der Waals surface area contributed by atoms with Crippen molar-refractivity contribution in [3.63, 3.8) is 0 Å². The maximum atomic E-state index is 5.39. The Hall–Kier alpha value is -1.13. The molecule has 0 amide bonds. The summed E-state index contributed by atoms with van der Waals surface area (Å²) in [6, 6.07) is 2.00. The van der Waals surface area contributed by atoms with Crippen LogP contribution in [-0.4, -0.2) is 11.5 Å². The number of aromatic nitrogens is 1. The molecule has 2 aromatic heterocycles. The molecule has 0 aromatic carbocycles. The minimum atomic E-state index is 0.0666. The molecule has 0 unspecified atom stereocenters. The van der Waals surface area contributed by atoms with Crippen LogP contribution in [0.15, 0.2) is 16.7 Å². The molecule has 0 saturated heterocycles. The van der Waals surface area contributed by atoms with E-state index in [1.165, 1.54) is 10.6 Å². The monoisotopic (exact) mass is 278 g/mol. The van der Waals surface area contributed by atoms with Gasteiger partial charge in [-0.05, 0) is 19.5 Å². The van der Waals surface area contributed by atoms with Crippen LogP contribution in [0, 0.1) is 6.92 Å². The van der Waals surface area contributed by atoms with Crippen LogP contribution in [0.4, 0.5) is 0 Å². The highest BCUT2D eigenvalue weighted by molar-refractivity contribution is 7.15. The Bertz CT molecular complexity index is 549. The van der Waals surface area contributed by atoms with Crippen LogP contribution in [0.25, 0.3) is 10.6 Å². The van der Waals surface area contributed by atoms with Crippen molar-refractivity contribution in [2.24, 2.45) is 0 Å². The van der Waals surface area contributed by atoms with Gasteiger partial charge in [0.15, 0.2) is 0 Å². The zero-order chi connectivity index (χ0) is 14.0. The average Bonchev–Trinajstić information content (AvgIpc) is 2.91. The van der Waals surface area contributed by atoms with Gasteiger partial charge in [-0.25, -0.2) is 4.98 Å². The molecule has 1 N–H and O–H groups in total. The minimum Gasteiger partial charge on any atom is -0.469 e. The molecular weight excluding hydrogens is 256 g/mol. The number of nitrogens with zero attached hydrogens (tertiary/aromatic N) is 1. The summed E-state index contributed by atoms with van der Waals surface area (Å²) in [6.07, 6.45) is 1.73. The zero-order valence-corrected chi connectivity index (χ0v) is 13.1. The molecule has 0 aliphatic carbocycles. The number of aryl methyl sites for hydroxylation is 1. The van der Waals surface area contributed by atoms with Gasteiger partial charge in [-0.3, -0.25) is 0 Å². The molecule has 2 aromatic rings. The summed E-state index contributed by atoms with van der Waals surface area (Å²) in [7, 11) is 0. The lowest BCUT2D eigenvalue weighted by molar-refractivity contribution is 0.535. The standard InChI is InChI=1S/C15H22N2OS/c1-6-16-9-12-13(15(3,4)5)17-14(19-12)11-7-8-18-10(11)2/h7-8,16H,6,9H2,1-5H3. The van der Waals surface area contributed by atoms with E-state index in [4.69, 9.17) is 9.40 Å². The molecule has 0 atom stereocenters. The van der Waals surface area contributed by atoms with Crippen molar-refractivity contribution >= 4 is 11.3 Å². The van der Waals surface area contributed by atoms with Crippen molar-refractivity contribution in [1.29, 1.82) is 0 Å². The third-order valence-corrected chi connectivity index (χ3v) is 4.12. The lowest BCUT2D eigenvalue weighted by atomic mass is 9.91. The van der Waals surface area contributed by atoms with Crippen molar-refractivity contribution in [2.45, 2.75) is 46.6 Å². The van der Waals surface area contributed by atoms with Crippen LogP contribution >= 0.6 is 11.3 Å². The molecule has 0 aliphatic rings. The fourth-order valence-corrected chi connectivity index (χ4v) is 3.33. The Balaban J connectivity index is 2.43. The minimum absolute atomic E-state index is 0.0666. The van der Waals surface area contributed by atoms with E-state index < -0.39 is 0 Å². The Labute approximate surface area is 119 Å². The quantitative estimate of drug-likeness (QED) is 0.914. The lowest BCUT2D eigenvalue weighted by Gasteiger charge is -2.17. The molecule has 2 heterocycles. The number of thiazole rings is 1. The van der Waals surface area contributed by atoms with E-state index in [0.717, 1.165) is 29.4 Å². The highest BCUT2D eigenvalue weighted by Crippen LogP contribution is 2.35. The average molecular weight is 278 g/mol. The first-order valence-corrected chi connectivity index (χ1v) is 7.50. The first kappa shape index (κ1) is 14.3. The van der Waals surface area contributed by atoms with E-state index in [-0.39, 0.29) is 5.41 Å².